The number of nitrogens with one attached hydrogen (secondary N) is 1. The first-order valence-electron chi connectivity index (χ1n) is 10.5. The lowest BCUT2D eigenvalue weighted by Crippen LogP contribution is -2.30. The van der Waals surface area contributed by atoms with Crippen molar-refractivity contribution in [1.29, 1.82) is 0 Å². The zero-order chi connectivity index (χ0) is 21.8. The summed E-state index contributed by atoms with van der Waals surface area (Å²) in [6, 6.07) is 19.1. The van der Waals surface area contributed by atoms with E-state index in [4.69, 9.17) is 4.98 Å². The first-order chi connectivity index (χ1) is 14.8. The smallest absolute Gasteiger partial charge is 0.264 e. The second kappa shape index (κ2) is 7.24. The van der Waals surface area contributed by atoms with Crippen LogP contribution in [-0.4, -0.2) is 24.9 Å². The van der Waals surface area contributed by atoms with Gasteiger partial charge in [-0.05, 0) is 61.7 Å². The SMILES string of the molecule is Cc1ccc(S(=O)(=O)N2C[C@H](Cc3nc4c(C)cc(C)cc4[nH]3)c3ccccc32)cc1. The third kappa shape index (κ3) is 3.41. The van der Waals surface area contributed by atoms with Gasteiger partial charge in [0.25, 0.3) is 10.0 Å². The summed E-state index contributed by atoms with van der Waals surface area (Å²) >= 11 is 0. The van der Waals surface area contributed by atoms with Crippen molar-refractivity contribution in [3.8, 4) is 0 Å². The second-order valence-electron chi connectivity index (χ2n) is 8.47. The first-order valence-corrected chi connectivity index (χ1v) is 11.9. The summed E-state index contributed by atoms with van der Waals surface area (Å²) in [7, 11) is -3.63. The van der Waals surface area contributed by atoms with Gasteiger partial charge in [-0.3, -0.25) is 4.31 Å². The molecule has 0 fully saturated rings. The fourth-order valence-corrected chi connectivity index (χ4v) is 6.08. The topological polar surface area (TPSA) is 66.1 Å². The Labute approximate surface area is 182 Å². The summed E-state index contributed by atoms with van der Waals surface area (Å²) in [6.45, 7) is 6.51. The number of H-pyrrole nitrogens is 1. The van der Waals surface area contributed by atoms with Crippen LogP contribution in [0.4, 0.5) is 5.69 Å². The monoisotopic (exact) mass is 431 g/mol. The molecule has 5 nitrogen and oxygen atoms in total. The summed E-state index contributed by atoms with van der Waals surface area (Å²) in [5.74, 6) is 0.927. The van der Waals surface area contributed by atoms with Crippen LogP contribution in [0.2, 0.25) is 0 Å². The molecule has 0 unspecified atom stereocenters. The number of aromatic nitrogens is 2. The number of aryl methyl sites for hydroxylation is 3. The molecule has 1 aliphatic heterocycles. The van der Waals surface area contributed by atoms with E-state index < -0.39 is 10.0 Å². The predicted molar refractivity (Wildman–Crippen MR) is 124 cm³/mol. The van der Waals surface area contributed by atoms with Crippen LogP contribution in [0.3, 0.4) is 0 Å². The highest BCUT2D eigenvalue weighted by Crippen LogP contribution is 2.41. The highest BCUT2D eigenvalue weighted by Gasteiger charge is 2.36. The maximum Gasteiger partial charge on any atom is 0.264 e. The van der Waals surface area contributed by atoms with Gasteiger partial charge < -0.3 is 4.98 Å². The minimum atomic E-state index is -3.63. The number of sulfonamides is 1. The highest BCUT2D eigenvalue weighted by atomic mass is 32.2. The van der Waals surface area contributed by atoms with Crippen molar-refractivity contribution in [3.05, 3.63) is 88.7 Å². The molecule has 1 N–H and O–H groups in total. The number of fused-ring (bicyclic) bond motifs is 2. The molecule has 4 aromatic rings. The lowest BCUT2D eigenvalue weighted by molar-refractivity contribution is 0.588. The van der Waals surface area contributed by atoms with Gasteiger partial charge in [-0.2, -0.15) is 0 Å². The Bertz CT molecular complexity index is 1390. The number of aromatic amines is 1. The summed E-state index contributed by atoms with van der Waals surface area (Å²) < 4.78 is 28.4. The van der Waals surface area contributed by atoms with Crippen LogP contribution in [0.15, 0.2) is 65.6 Å². The van der Waals surface area contributed by atoms with Crippen LogP contribution >= 0.6 is 0 Å². The normalized spacial score (nSPS) is 16.1. The maximum absolute atomic E-state index is 13.4. The van der Waals surface area contributed by atoms with Crippen molar-refractivity contribution < 1.29 is 8.42 Å². The number of hydrogen-bond acceptors (Lipinski definition) is 3. The summed E-state index contributed by atoms with van der Waals surface area (Å²) in [6.07, 6.45) is 0.657. The van der Waals surface area contributed by atoms with Gasteiger partial charge in [-0.15, -0.1) is 0 Å². The van der Waals surface area contributed by atoms with Crippen LogP contribution in [0.1, 0.15) is 34.0 Å². The molecular weight excluding hydrogens is 406 g/mol. The molecule has 1 aromatic heterocycles. The van der Waals surface area contributed by atoms with Crippen molar-refractivity contribution >= 4 is 26.7 Å². The Balaban J connectivity index is 1.50. The number of imidazole rings is 1. The quantitative estimate of drug-likeness (QED) is 0.493. The second-order valence-corrected chi connectivity index (χ2v) is 10.3. The number of hydrogen-bond donors (Lipinski definition) is 1. The Hall–Kier alpha value is -3.12. The van der Waals surface area contributed by atoms with Crippen molar-refractivity contribution in [1.82, 2.24) is 9.97 Å². The van der Waals surface area contributed by atoms with Crippen LogP contribution in [0.25, 0.3) is 11.0 Å². The molecule has 1 aliphatic rings. The molecule has 1 atom stereocenters. The molecule has 31 heavy (non-hydrogen) atoms. The molecule has 0 saturated carbocycles. The average molecular weight is 432 g/mol. The zero-order valence-corrected chi connectivity index (χ0v) is 18.7. The molecule has 3 aromatic carbocycles. The summed E-state index contributed by atoms with van der Waals surface area (Å²) in [5.41, 5.74) is 7.20. The van der Waals surface area contributed by atoms with Gasteiger partial charge in [0, 0.05) is 18.9 Å². The predicted octanol–water partition coefficient (Wildman–Crippen LogP) is 5.02. The number of rotatable bonds is 4. The van der Waals surface area contributed by atoms with Crippen LogP contribution in [-0.2, 0) is 16.4 Å². The lowest BCUT2D eigenvalue weighted by Gasteiger charge is -2.20. The molecule has 2 heterocycles. The third-order valence-corrected chi connectivity index (χ3v) is 7.84. The van der Waals surface area contributed by atoms with Gasteiger partial charge >= 0.3 is 0 Å². The van der Waals surface area contributed by atoms with Gasteiger partial charge in [0.05, 0.1) is 21.6 Å². The lowest BCUT2D eigenvalue weighted by atomic mass is 9.98. The van der Waals surface area contributed by atoms with E-state index in [1.54, 1.807) is 16.4 Å². The van der Waals surface area contributed by atoms with Crippen molar-refractivity contribution in [2.24, 2.45) is 0 Å². The van der Waals surface area contributed by atoms with Crippen LogP contribution in [0.5, 0.6) is 0 Å². The van der Waals surface area contributed by atoms with E-state index in [-0.39, 0.29) is 5.92 Å². The van der Waals surface area contributed by atoms with E-state index in [1.807, 2.05) is 43.3 Å². The summed E-state index contributed by atoms with van der Waals surface area (Å²) in [5, 5.41) is 0. The molecule has 158 valence electrons. The Morgan fingerprint density at radius 2 is 1.74 bits per heavy atom. The Morgan fingerprint density at radius 3 is 2.52 bits per heavy atom. The van der Waals surface area contributed by atoms with Crippen molar-refractivity contribution in [3.63, 3.8) is 0 Å². The van der Waals surface area contributed by atoms with E-state index in [0.29, 0.717) is 17.9 Å². The molecular formula is C25H25N3O2S. The molecule has 0 saturated heterocycles. The molecule has 0 bridgehead atoms. The Kier molecular flexibility index (Phi) is 4.63. The highest BCUT2D eigenvalue weighted by molar-refractivity contribution is 7.92. The molecule has 0 spiro atoms. The van der Waals surface area contributed by atoms with Gasteiger partial charge in [-0.25, -0.2) is 13.4 Å². The van der Waals surface area contributed by atoms with Crippen molar-refractivity contribution in [2.45, 2.75) is 38.0 Å². The van der Waals surface area contributed by atoms with E-state index in [1.165, 1.54) is 5.56 Å². The molecule has 5 rings (SSSR count). The van der Waals surface area contributed by atoms with Gasteiger partial charge in [0.15, 0.2) is 0 Å². The van der Waals surface area contributed by atoms with Gasteiger partial charge in [0.1, 0.15) is 5.82 Å². The average Bonchev–Trinajstić information content (AvgIpc) is 3.31. The fourth-order valence-electron chi connectivity index (χ4n) is 4.55. The van der Waals surface area contributed by atoms with Gasteiger partial charge in [0.2, 0.25) is 0 Å². The first kappa shape index (κ1) is 19.8. The van der Waals surface area contributed by atoms with Crippen LogP contribution in [0, 0.1) is 20.8 Å². The number of anilines is 1. The minimum absolute atomic E-state index is 0.0402. The molecule has 6 heteroatoms. The number of nitrogens with zero attached hydrogens (tertiary/aromatic N) is 2. The fraction of sp³-hybridized carbons (Fsp3) is 0.240. The maximum atomic E-state index is 13.4. The van der Waals surface area contributed by atoms with E-state index >= 15 is 0 Å². The minimum Gasteiger partial charge on any atom is -0.342 e. The Morgan fingerprint density at radius 1 is 1.00 bits per heavy atom. The van der Waals surface area contributed by atoms with E-state index in [9.17, 15) is 8.42 Å². The standard InChI is InChI=1S/C25H25N3O2S/c1-16-8-10-20(11-9-16)31(29,30)28-15-19(21-6-4-5-7-23(21)28)14-24-26-22-13-17(2)12-18(3)25(22)27-24/h4-13,19H,14-15H2,1-3H3,(H,26,27)/t19-/m0/s1. The molecule has 0 aliphatic carbocycles. The van der Waals surface area contributed by atoms with Gasteiger partial charge in [-0.1, -0.05) is 42.0 Å². The zero-order valence-electron chi connectivity index (χ0n) is 17.9. The van der Waals surface area contributed by atoms with Crippen LogP contribution < -0.4 is 4.31 Å². The molecule has 0 amide bonds. The third-order valence-electron chi connectivity index (χ3n) is 6.05. The van der Waals surface area contributed by atoms with Crippen molar-refractivity contribution in [2.75, 3.05) is 10.8 Å². The van der Waals surface area contributed by atoms with E-state index in [0.717, 1.165) is 39.2 Å². The molecule has 0 radical (unpaired) electrons. The largest absolute Gasteiger partial charge is 0.342 e. The van der Waals surface area contributed by atoms with E-state index in [2.05, 4.69) is 31.0 Å². The summed E-state index contributed by atoms with van der Waals surface area (Å²) in [4.78, 5) is 8.59. The number of benzene rings is 3. The number of para-hydroxylation sites is 1.